The van der Waals surface area contributed by atoms with Gasteiger partial charge in [-0.15, -0.1) is 0 Å². The number of rotatable bonds is 11. The van der Waals surface area contributed by atoms with Crippen molar-refractivity contribution in [2.24, 2.45) is 0 Å². The molecule has 2 aromatic rings. The van der Waals surface area contributed by atoms with E-state index in [9.17, 15) is 18.0 Å². The largest absolute Gasteiger partial charge is 0.481 e. The van der Waals surface area contributed by atoms with E-state index in [0.717, 1.165) is 19.3 Å². The van der Waals surface area contributed by atoms with Gasteiger partial charge in [-0.2, -0.15) is 4.72 Å². The molecule has 9 nitrogen and oxygen atoms in total. The first kappa shape index (κ1) is 26.1. The Balaban J connectivity index is 1.69. The molecule has 3 N–H and O–H groups in total. The number of nitrogens with one attached hydrogen (secondary N) is 2. The van der Waals surface area contributed by atoms with Crippen molar-refractivity contribution in [2.75, 3.05) is 18.5 Å². The van der Waals surface area contributed by atoms with Crippen LogP contribution in [0.15, 0.2) is 53.4 Å². The van der Waals surface area contributed by atoms with Crippen molar-refractivity contribution in [3.63, 3.8) is 0 Å². The number of hydrogen-bond acceptors (Lipinski definition) is 6. The maximum atomic E-state index is 13.0. The van der Waals surface area contributed by atoms with Gasteiger partial charge < -0.3 is 19.9 Å². The molecule has 34 heavy (non-hydrogen) atoms. The number of amides is 1. The Labute approximate surface area is 203 Å². The van der Waals surface area contributed by atoms with Gasteiger partial charge in [0, 0.05) is 17.3 Å². The van der Waals surface area contributed by atoms with Crippen LogP contribution in [0.3, 0.4) is 0 Å². The molecule has 0 bridgehead atoms. The number of carbonyl (C=O) groups excluding carboxylic acids is 1. The average molecular weight is 511 g/mol. The molecule has 1 aliphatic heterocycles. The second-order valence-electron chi connectivity index (χ2n) is 7.84. The average Bonchev–Trinajstić information content (AvgIpc) is 2.80. The molecular weight excluding hydrogens is 484 g/mol. The van der Waals surface area contributed by atoms with E-state index >= 15 is 0 Å². The monoisotopic (exact) mass is 510 g/mol. The summed E-state index contributed by atoms with van der Waals surface area (Å²) in [4.78, 5) is 23.8. The van der Waals surface area contributed by atoms with E-state index in [1.165, 1.54) is 24.3 Å². The summed E-state index contributed by atoms with van der Waals surface area (Å²) in [7, 11) is -4.01. The van der Waals surface area contributed by atoms with Gasteiger partial charge in [0.2, 0.25) is 15.9 Å². The van der Waals surface area contributed by atoms with Crippen molar-refractivity contribution in [3.8, 4) is 0 Å². The molecule has 0 aliphatic carbocycles. The Bertz CT molecular complexity index is 1070. The van der Waals surface area contributed by atoms with Crippen LogP contribution in [0, 0.1) is 0 Å². The fourth-order valence-corrected chi connectivity index (χ4v) is 4.74. The quantitative estimate of drug-likeness (QED) is 0.423. The highest BCUT2D eigenvalue weighted by molar-refractivity contribution is 7.89. The molecule has 1 unspecified atom stereocenters. The van der Waals surface area contributed by atoms with Crippen LogP contribution in [0.25, 0.3) is 0 Å². The minimum absolute atomic E-state index is 0.0238. The summed E-state index contributed by atoms with van der Waals surface area (Å²) in [6, 6.07) is 10.8. The SMILES string of the molecule is O=C(O)Cc1ccc(NC(=O)[C@H](CCOC2CCCCO2)NS(=O)(=O)c2ccc(Cl)cc2)cc1. The second-order valence-corrected chi connectivity index (χ2v) is 9.99. The zero-order chi connectivity index (χ0) is 24.6. The molecule has 2 atom stereocenters. The van der Waals surface area contributed by atoms with Gasteiger partial charge in [-0.3, -0.25) is 9.59 Å². The third-order valence-electron chi connectivity index (χ3n) is 5.16. The van der Waals surface area contributed by atoms with Crippen LogP contribution >= 0.6 is 11.6 Å². The van der Waals surface area contributed by atoms with Crippen molar-refractivity contribution >= 4 is 39.2 Å². The molecule has 1 fully saturated rings. The van der Waals surface area contributed by atoms with Gasteiger partial charge in [-0.25, -0.2) is 8.42 Å². The van der Waals surface area contributed by atoms with Crippen molar-refractivity contribution in [1.29, 1.82) is 0 Å². The number of carbonyl (C=O) groups is 2. The smallest absolute Gasteiger partial charge is 0.307 e. The van der Waals surface area contributed by atoms with E-state index in [1.807, 2.05) is 0 Å². The van der Waals surface area contributed by atoms with Crippen LogP contribution in [0.4, 0.5) is 5.69 Å². The number of anilines is 1. The first-order valence-corrected chi connectivity index (χ1v) is 12.7. The number of aliphatic carboxylic acids is 1. The maximum absolute atomic E-state index is 13.0. The molecule has 0 radical (unpaired) electrons. The Kier molecular flexibility index (Phi) is 9.43. The number of carboxylic acids is 1. The van der Waals surface area contributed by atoms with Gasteiger partial charge >= 0.3 is 5.97 Å². The summed E-state index contributed by atoms with van der Waals surface area (Å²) in [5.74, 6) is -1.54. The standard InChI is InChI=1S/C23H27ClN2O7S/c24-17-6-10-19(11-7-17)34(30,31)26-20(12-14-33-22-3-1-2-13-32-22)23(29)25-18-8-4-16(5-9-18)15-21(27)28/h4-11,20,22,26H,1-3,12-15H2,(H,25,29)(H,27,28)/t20-,22?/m0/s1. The minimum atomic E-state index is -4.01. The van der Waals surface area contributed by atoms with Crippen LogP contribution in [-0.2, 0) is 35.5 Å². The summed E-state index contributed by atoms with van der Waals surface area (Å²) in [6.45, 7) is 0.721. The predicted molar refractivity (Wildman–Crippen MR) is 126 cm³/mol. The molecular formula is C23H27ClN2O7S. The maximum Gasteiger partial charge on any atom is 0.307 e. The van der Waals surface area contributed by atoms with E-state index < -0.39 is 27.9 Å². The molecule has 2 aromatic carbocycles. The molecule has 0 aromatic heterocycles. The molecule has 184 valence electrons. The Morgan fingerprint density at radius 3 is 2.44 bits per heavy atom. The van der Waals surface area contributed by atoms with Gasteiger partial charge in [0.15, 0.2) is 6.29 Å². The van der Waals surface area contributed by atoms with Gasteiger partial charge in [0.1, 0.15) is 6.04 Å². The third kappa shape index (κ3) is 8.07. The lowest BCUT2D eigenvalue weighted by atomic mass is 10.1. The van der Waals surface area contributed by atoms with Gasteiger partial charge in [-0.05, 0) is 67.6 Å². The fraction of sp³-hybridized carbons (Fsp3) is 0.391. The lowest BCUT2D eigenvalue weighted by Gasteiger charge is -2.24. The van der Waals surface area contributed by atoms with Crippen LogP contribution in [0.5, 0.6) is 0 Å². The summed E-state index contributed by atoms with van der Waals surface area (Å²) in [5.41, 5.74) is 0.984. The van der Waals surface area contributed by atoms with E-state index in [4.69, 9.17) is 26.2 Å². The Morgan fingerprint density at radius 2 is 1.82 bits per heavy atom. The molecule has 0 spiro atoms. The summed E-state index contributed by atoms with van der Waals surface area (Å²) in [5, 5.41) is 11.9. The van der Waals surface area contributed by atoms with E-state index in [0.29, 0.717) is 22.9 Å². The van der Waals surface area contributed by atoms with E-state index in [1.54, 1.807) is 24.3 Å². The number of hydrogen-bond donors (Lipinski definition) is 3. The van der Waals surface area contributed by atoms with Crippen molar-refractivity contribution in [1.82, 2.24) is 4.72 Å². The molecule has 0 saturated carbocycles. The van der Waals surface area contributed by atoms with E-state index in [-0.39, 0.29) is 30.6 Å². The van der Waals surface area contributed by atoms with Crippen LogP contribution in [0.1, 0.15) is 31.2 Å². The van der Waals surface area contributed by atoms with Gasteiger partial charge in [-0.1, -0.05) is 23.7 Å². The molecule has 1 amide bonds. The lowest BCUT2D eigenvalue weighted by molar-refractivity contribution is -0.163. The first-order valence-electron chi connectivity index (χ1n) is 10.9. The van der Waals surface area contributed by atoms with Crippen molar-refractivity contribution < 1.29 is 32.6 Å². The van der Waals surface area contributed by atoms with Crippen LogP contribution in [0.2, 0.25) is 5.02 Å². The normalized spacial score (nSPS) is 17.1. The van der Waals surface area contributed by atoms with Crippen LogP contribution < -0.4 is 10.0 Å². The number of halogens is 1. The zero-order valence-electron chi connectivity index (χ0n) is 18.4. The number of carboxylic acid groups (broad SMARTS) is 1. The Morgan fingerprint density at radius 1 is 1.12 bits per heavy atom. The molecule has 3 rings (SSSR count). The van der Waals surface area contributed by atoms with Gasteiger partial charge in [0.25, 0.3) is 0 Å². The summed E-state index contributed by atoms with van der Waals surface area (Å²) in [6.07, 6.45) is 2.27. The summed E-state index contributed by atoms with van der Waals surface area (Å²) < 4.78 is 39.4. The highest BCUT2D eigenvalue weighted by atomic mass is 35.5. The minimum Gasteiger partial charge on any atom is -0.481 e. The highest BCUT2D eigenvalue weighted by Gasteiger charge is 2.26. The molecule has 1 heterocycles. The molecule has 11 heteroatoms. The van der Waals surface area contributed by atoms with Crippen molar-refractivity contribution in [3.05, 3.63) is 59.1 Å². The highest BCUT2D eigenvalue weighted by Crippen LogP contribution is 2.17. The topological polar surface area (TPSA) is 131 Å². The lowest BCUT2D eigenvalue weighted by Crippen LogP contribution is -2.44. The fourth-order valence-electron chi connectivity index (χ4n) is 3.38. The number of ether oxygens (including phenoxy) is 2. The number of sulfonamides is 1. The third-order valence-corrected chi connectivity index (χ3v) is 6.90. The molecule has 1 aliphatic rings. The van der Waals surface area contributed by atoms with Gasteiger partial charge in [0.05, 0.1) is 17.9 Å². The second kappa shape index (κ2) is 12.3. The summed E-state index contributed by atoms with van der Waals surface area (Å²) >= 11 is 5.85. The van der Waals surface area contributed by atoms with Crippen LogP contribution in [-0.4, -0.2) is 50.9 Å². The van der Waals surface area contributed by atoms with Crippen molar-refractivity contribution in [2.45, 2.75) is 49.3 Å². The van der Waals surface area contributed by atoms with E-state index in [2.05, 4.69) is 10.0 Å². The molecule has 1 saturated heterocycles. The first-order chi connectivity index (χ1) is 16.2. The Hall–Kier alpha value is -2.50. The predicted octanol–water partition coefficient (Wildman–Crippen LogP) is 3.19. The number of benzene rings is 2. The zero-order valence-corrected chi connectivity index (χ0v) is 20.0.